The molecule has 0 aliphatic rings. The zero-order chi connectivity index (χ0) is 17.4. The van der Waals surface area contributed by atoms with E-state index in [1.54, 1.807) is 6.20 Å². The van der Waals surface area contributed by atoms with E-state index in [1.165, 1.54) is 0 Å². The van der Waals surface area contributed by atoms with E-state index in [1.807, 2.05) is 55.5 Å². The topological polar surface area (TPSA) is 77.6 Å². The monoisotopic (exact) mass is 347 g/mol. The van der Waals surface area contributed by atoms with Gasteiger partial charge in [0.2, 0.25) is 5.95 Å². The van der Waals surface area contributed by atoms with Crippen LogP contribution in [0, 0.1) is 6.92 Å². The summed E-state index contributed by atoms with van der Waals surface area (Å²) in [6, 6.07) is 15.6. The van der Waals surface area contributed by atoms with Crippen molar-refractivity contribution in [2.24, 2.45) is 0 Å². The summed E-state index contributed by atoms with van der Waals surface area (Å²) in [4.78, 5) is 17.7. The van der Waals surface area contributed by atoms with Gasteiger partial charge in [-0.05, 0) is 30.7 Å². The predicted octanol–water partition coefficient (Wildman–Crippen LogP) is 4.30. The minimum atomic E-state index is 0.227. The molecule has 0 aliphatic heterocycles. The second-order valence-corrected chi connectivity index (χ2v) is 6.05. The molecule has 0 fully saturated rings. The molecule has 0 spiro atoms. The van der Waals surface area contributed by atoms with E-state index >= 15 is 0 Å². The van der Waals surface area contributed by atoms with Gasteiger partial charge in [-0.1, -0.05) is 41.9 Å². The molecule has 0 aliphatic carbocycles. The molecule has 25 heavy (non-hydrogen) atoms. The average molecular weight is 348 g/mol. The van der Waals surface area contributed by atoms with Gasteiger partial charge < -0.3 is 5.73 Å². The molecule has 0 saturated carbocycles. The van der Waals surface area contributed by atoms with E-state index in [4.69, 9.17) is 22.3 Å². The Labute approximate surface area is 149 Å². The number of hydrogen-bond donors (Lipinski definition) is 1. The number of aromatic nitrogens is 4. The Hall–Kier alpha value is -3.05. The Bertz CT molecular complexity index is 1080. The van der Waals surface area contributed by atoms with E-state index in [0.717, 1.165) is 22.4 Å². The summed E-state index contributed by atoms with van der Waals surface area (Å²) in [6.07, 6.45) is 1.71. The summed E-state index contributed by atoms with van der Waals surface area (Å²) in [7, 11) is 0. The highest BCUT2D eigenvalue weighted by molar-refractivity contribution is 6.30. The molecule has 0 atom stereocenters. The zero-order valence-corrected chi connectivity index (χ0v) is 14.2. The first-order valence-electron chi connectivity index (χ1n) is 7.74. The van der Waals surface area contributed by atoms with Crippen LogP contribution in [0.25, 0.3) is 33.5 Å². The van der Waals surface area contributed by atoms with Gasteiger partial charge in [-0.15, -0.1) is 0 Å². The van der Waals surface area contributed by atoms with E-state index < -0.39 is 0 Å². The third kappa shape index (κ3) is 2.90. The number of nitrogen functional groups attached to an aromatic ring is 1. The largest absolute Gasteiger partial charge is 0.368 e. The number of nitrogens with two attached hydrogens (primary N) is 1. The zero-order valence-electron chi connectivity index (χ0n) is 13.4. The van der Waals surface area contributed by atoms with Gasteiger partial charge in [0.25, 0.3) is 0 Å². The van der Waals surface area contributed by atoms with Crippen LogP contribution in [0.2, 0.25) is 5.15 Å². The standard InChI is InChI=1S/C19H14ClN5/c1-11-9-13(10-22-18(11)20)14-7-8-15-17(23-14)16(25-19(21)24-15)12-5-3-2-4-6-12/h2-10H,1H3,(H2,21,24,25). The van der Waals surface area contributed by atoms with Gasteiger partial charge in [0.05, 0.1) is 11.2 Å². The summed E-state index contributed by atoms with van der Waals surface area (Å²) in [5.41, 5.74) is 11.5. The van der Waals surface area contributed by atoms with Crippen LogP contribution in [0.3, 0.4) is 0 Å². The molecule has 5 nitrogen and oxygen atoms in total. The van der Waals surface area contributed by atoms with Crippen molar-refractivity contribution in [1.82, 2.24) is 19.9 Å². The molecule has 122 valence electrons. The maximum Gasteiger partial charge on any atom is 0.221 e. The van der Waals surface area contributed by atoms with E-state index in [9.17, 15) is 0 Å². The highest BCUT2D eigenvalue weighted by Gasteiger charge is 2.12. The number of pyridine rings is 2. The Morgan fingerprint density at radius 2 is 1.72 bits per heavy atom. The lowest BCUT2D eigenvalue weighted by molar-refractivity contribution is 1.21. The van der Waals surface area contributed by atoms with Crippen LogP contribution in [0.15, 0.2) is 54.7 Å². The molecule has 0 amide bonds. The quantitative estimate of drug-likeness (QED) is 0.547. The maximum absolute atomic E-state index is 6.02. The minimum absolute atomic E-state index is 0.227. The molecule has 3 aromatic heterocycles. The second kappa shape index (κ2) is 6.11. The third-order valence-corrected chi connectivity index (χ3v) is 4.31. The van der Waals surface area contributed by atoms with Crippen LogP contribution < -0.4 is 5.73 Å². The number of anilines is 1. The number of nitrogens with zero attached hydrogens (tertiary/aromatic N) is 4. The lowest BCUT2D eigenvalue weighted by Crippen LogP contribution is -2.00. The van der Waals surface area contributed by atoms with Crippen molar-refractivity contribution in [2.45, 2.75) is 6.92 Å². The number of benzene rings is 1. The number of rotatable bonds is 2. The van der Waals surface area contributed by atoms with Crippen molar-refractivity contribution in [1.29, 1.82) is 0 Å². The van der Waals surface area contributed by atoms with Crippen LogP contribution in [0.4, 0.5) is 5.95 Å². The van der Waals surface area contributed by atoms with Crippen molar-refractivity contribution < 1.29 is 0 Å². The summed E-state index contributed by atoms with van der Waals surface area (Å²) in [5.74, 6) is 0.227. The van der Waals surface area contributed by atoms with Gasteiger partial charge in [-0.3, -0.25) is 0 Å². The SMILES string of the molecule is Cc1cc(-c2ccc3nc(N)nc(-c4ccccc4)c3n2)cnc1Cl. The van der Waals surface area contributed by atoms with Crippen molar-refractivity contribution in [2.75, 3.05) is 5.73 Å². The fourth-order valence-electron chi connectivity index (χ4n) is 2.69. The number of hydrogen-bond acceptors (Lipinski definition) is 5. The minimum Gasteiger partial charge on any atom is -0.368 e. The summed E-state index contributed by atoms with van der Waals surface area (Å²) >= 11 is 6.02. The number of halogens is 1. The van der Waals surface area contributed by atoms with Gasteiger partial charge in [-0.2, -0.15) is 0 Å². The van der Waals surface area contributed by atoms with Crippen LogP contribution in [0.1, 0.15) is 5.56 Å². The van der Waals surface area contributed by atoms with Crippen LogP contribution in [-0.2, 0) is 0 Å². The van der Waals surface area contributed by atoms with Crippen LogP contribution in [0.5, 0.6) is 0 Å². The Kier molecular flexibility index (Phi) is 3.78. The van der Waals surface area contributed by atoms with Crippen molar-refractivity contribution in [3.63, 3.8) is 0 Å². The van der Waals surface area contributed by atoms with E-state index in [0.29, 0.717) is 21.9 Å². The predicted molar refractivity (Wildman–Crippen MR) is 100 cm³/mol. The third-order valence-electron chi connectivity index (χ3n) is 3.92. The van der Waals surface area contributed by atoms with Gasteiger partial charge in [0.15, 0.2) is 0 Å². The molecule has 4 rings (SSSR count). The van der Waals surface area contributed by atoms with Gasteiger partial charge in [0, 0.05) is 17.3 Å². The molecule has 0 bridgehead atoms. The molecule has 4 aromatic rings. The second-order valence-electron chi connectivity index (χ2n) is 5.69. The molecule has 0 radical (unpaired) electrons. The smallest absolute Gasteiger partial charge is 0.221 e. The van der Waals surface area contributed by atoms with E-state index in [-0.39, 0.29) is 5.95 Å². The summed E-state index contributed by atoms with van der Waals surface area (Å²) in [5, 5.41) is 0.491. The van der Waals surface area contributed by atoms with Crippen molar-refractivity contribution in [3.05, 3.63) is 65.4 Å². The highest BCUT2D eigenvalue weighted by atomic mass is 35.5. The molecular formula is C19H14ClN5. The average Bonchev–Trinajstić information content (AvgIpc) is 2.63. The first kappa shape index (κ1) is 15.5. The normalized spacial score (nSPS) is 11.0. The fourth-order valence-corrected chi connectivity index (χ4v) is 2.79. The van der Waals surface area contributed by atoms with E-state index in [2.05, 4.69) is 15.0 Å². The van der Waals surface area contributed by atoms with Crippen molar-refractivity contribution >= 4 is 28.6 Å². The van der Waals surface area contributed by atoms with Gasteiger partial charge >= 0.3 is 0 Å². The molecular weight excluding hydrogens is 334 g/mol. The Morgan fingerprint density at radius 3 is 2.48 bits per heavy atom. The molecule has 6 heteroatoms. The highest BCUT2D eigenvalue weighted by Crippen LogP contribution is 2.28. The lowest BCUT2D eigenvalue weighted by atomic mass is 10.1. The fraction of sp³-hybridized carbons (Fsp3) is 0.0526. The molecule has 0 unspecified atom stereocenters. The molecule has 0 saturated heterocycles. The Balaban J connectivity index is 1.95. The first-order chi connectivity index (χ1) is 12.1. The van der Waals surface area contributed by atoms with Crippen molar-refractivity contribution in [3.8, 4) is 22.5 Å². The molecule has 2 N–H and O–H groups in total. The summed E-state index contributed by atoms with van der Waals surface area (Å²) < 4.78 is 0. The number of fused-ring (bicyclic) bond motifs is 1. The lowest BCUT2D eigenvalue weighted by Gasteiger charge is -2.09. The maximum atomic E-state index is 6.02. The molecule has 1 aromatic carbocycles. The van der Waals surface area contributed by atoms with Gasteiger partial charge in [-0.25, -0.2) is 19.9 Å². The first-order valence-corrected chi connectivity index (χ1v) is 8.12. The summed E-state index contributed by atoms with van der Waals surface area (Å²) in [6.45, 7) is 1.92. The number of aryl methyl sites for hydroxylation is 1. The van der Waals surface area contributed by atoms with Crippen LogP contribution in [-0.4, -0.2) is 19.9 Å². The Morgan fingerprint density at radius 1 is 0.920 bits per heavy atom. The van der Waals surface area contributed by atoms with Crippen LogP contribution >= 0.6 is 11.6 Å². The van der Waals surface area contributed by atoms with Gasteiger partial charge in [0.1, 0.15) is 16.4 Å². The molecule has 3 heterocycles.